The smallest absolute Gasteiger partial charge is 0.277 e. The first-order valence-corrected chi connectivity index (χ1v) is 7.59. The van der Waals surface area contributed by atoms with Gasteiger partial charge in [-0.1, -0.05) is 11.6 Å². The van der Waals surface area contributed by atoms with Gasteiger partial charge in [-0.25, -0.2) is 5.14 Å². The summed E-state index contributed by atoms with van der Waals surface area (Å²) >= 11 is 5.76. The molecule has 1 fully saturated rings. The molecule has 2 N–H and O–H groups in total. The molecule has 1 aliphatic rings. The Hall–Kier alpha value is -1.15. The van der Waals surface area contributed by atoms with Crippen molar-refractivity contribution in [3.05, 3.63) is 34.9 Å². The van der Waals surface area contributed by atoms with Crippen LogP contribution in [0, 0.1) is 0 Å². The number of carbonyl (C=O) groups is 1. The van der Waals surface area contributed by atoms with E-state index in [-0.39, 0.29) is 19.0 Å². The van der Waals surface area contributed by atoms with Gasteiger partial charge in [-0.05, 0) is 24.3 Å². The minimum absolute atomic E-state index is 0.134. The molecule has 0 spiro atoms. The second-order valence-electron chi connectivity index (χ2n) is 4.24. The maximum Gasteiger partial charge on any atom is 0.277 e. The number of nitrogens with zero attached hydrogens (tertiary/aromatic N) is 2. The average Bonchev–Trinajstić information content (AvgIpc) is 2.38. The van der Waals surface area contributed by atoms with Gasteiger partial charge in [0, 0.05) is 36.8 Å². The first-order valence-electron chi connectivity index (χ1n) is 5.70. The lowest BCUT2D eigenvalue weighted by molar-refractivity contribution is 0.0698. The first-order chi connectivity index (χ1) is 8.88. The molecule has 0 unspecified atom stereocenters. The third kappa shape index (κ3) is 3.44. The van der Waals surface area contributed by atoms with E-state index in [0.717, 1.165) is 0 Å². The van der Waals surface area contributed by atoms with Crippen molar-refractivity contribution in [2.24, 2.45) is 5.14 Å². The number of halogens is 1. The molecule has 0 bridgehead atoms. The third-order valence-corrected chi connectivity index (χ3v) is 4.31. The van der Waals surface area contributed by atoms with Gasteiger partial charge < -0.3 is 4.90 Å². The van der Waals surface area contributed by atoms with Gasteiger partial charge in [0.1, 0.15) is 0 Å². The summed E-state index contributed by atoms with van der Waals surface area (Å²) in [5, 5.41) is 5.60. The molecule has 1 aromatic rings. The molecule has 0 aromatic heterocycles. The van der Waals surface area contributed by atoms with Gasteiger partial charge >= 0.3 is 0 Å². The predicted molar refractivity (Wildman–Crippen MR) is 72.0 cm³/mol. The zero-order valence-corrected chi connectivity index (χ0v) is 11.7. The Balaban J connectivity index is 2.02. The monoisotopic (exact) mass is 303 g/mol. The summed E-state index contributed by atoms with van der Waals surface area (Å²) in [4.78, 5) is 13.8. The number of hydrogen-bond acceptors (Lipinski definition) is 3. The van der Waals surface area contributed by atoms with Crippen LogP contribution in [0.4, 0.5) is 0 Å². The van der Waals surface area contributed by atoms with E-state index >= 15 is 0 Å². The maximum atomic E-state index is 12.2. The van der Waals surface area contributed by atoms with Crippen molar-refractivity contribution in [1.82, 2.24) is 9.21 Å². The lowest BCUT2D eigenvalue weighted by atomic mass is 10.2. The summed E-state index contributed by atoms with van der Waals surface area (Å²) in [5.74, 6) is -0.134. The Morgan fingerprint density at radius 3 is 2.11 bits per heavy atom. The van der Waals surface area contributed by atoms with Crippen molar-refractivity contribution < 1.29 is 13.2 Å². The zero-order valence-electron chi connectivity index (χ0n) is 10.1. The van der Waals surface area contributed by atoms with Gasteiger partial charge in [-0.3, -0.25) is 4.79 Å². The van der Waals surface area contributed by atoms with Crippen LogP contribution in [0.1, 0.15) is 10.4 Å². The Morgan fingerprint density at radius 1 is 1.11 bits per heavy atom. The standard InChI is InChI=1S/C11H14ClN3O3S/c12-10-3-1-9(2-4-10)11(16)14-5-7-15(8-6-14)19(13,17)18/h1-4H,5-8H2,(H2,13,17,18). The quantitative estimate of drug-likeness (QED) is 0.853. The maximum absolute atomic E-state index is 12.2. The van der Waals surface area contributed by atoms with E-state index in [0.29, 0.717) is 23.7 Å². The summed E-state index contributed by atoms with van der Waals surface area (Å²) in [6, 6.07) is 6.60. The van der Waals surface area contributed by atoms with Crippen molar-refractivity contribution >= 4 is 27.7 Å². The van der Waals surface area contributed by atoms with Crippen molar-refractivity contribution in [2.75, 3.05) is 26.2 Å². The molecule has 1 saturated heterocycles. The second-order valence-corrected chi connectivity index (χ2v) is 6.23. The van der Waals surface area contributed by atoms with E-state index < -0.39 is 10.2 Å². The molecule has 6 nitrogen and oxygen atoms in total. The minimum atomic E-state index is -3.67. The van der Waals surface area contributed by atoms with Crippen LogP contribution in [0.3, 0.4) is 0 Å². The van der Waals surface area contributed by atoms with E-state index in [9.17, 15) is 13.2 Å². The van der Waals surface area contributed by atoms with Gasteiger partial charge in [0.25, 0.3) is 16.1 Å². The van der Waals surface area contributed by atoms with Crippen LogP contribution in [0.5, 0.6) is 0 Å². The van der Waals surface area contributed by atoms with E-state index in [1.54, 1.807) is 29.2 Å². The fourth-order valence-corrected chi connectivity index (χ4v) is 2.72. The lowest BCUT2D eigenvalue weighted by Gasteiger charge is -2.32. The van der Waals surface area contributed by atoms with Crippen LogP contribution in [-0.2, 0) is 10.2 Å². The zero-order chi connectivity index (χ0) is 14.0. The van der Waals surface area contributed by atoms with E-state index in [4.69, 9.17) is 16.7 Å². The highest BCUT2D eigenvalue weighted by Crippen LogP contribution is 2.13. The van der Waals surface area contributed by atoms with Gasteiger partial charge in [-0.2, -0.15) is 12.7 Å². The van der Waals surface area contributed by atoms with Crippen LogP contribution in [-0.4, -0.2) is 49.7 Å². The number of benzene rings is 1. The molecular weight excluding hydrogens is 290 g/mol. The molecule has 104 valence electrons. The molecule has 2 rings (SSSR count). The molecular formula is C11H14ClN3O3S. The predicted octanol–water partition coefficient (Wildman–Crippen LogP) is 0.301. The lowest BCUT2D eigenvalue weighted by Crippen LogP contribution is -2.52. The number of nitrogens with two attached hydrogens (primary N) is 1. The molecule has 1 amide bonds. The summed E-state index contributed by atoms with van der Waals surface area (Å²) in [6.07, 6.45) is 0. The minimum Gasteiger partial charge on any atom is -0.336 e. The largest absolute Gasteiger partial charge is 0.336 e. The fourth-order valence-electron chi connectivity index (χ4n) is 1.92. The molecule has 0 radical (unpaired) electrons. The third-order valence-electron chi connectivity index (χ3n) is 2.98. The van der Waals surface area contributed by atoms with Gasteiger partial charge in [0.05, 0.1) is 0 Å². The highest BCUT2D eigenvalue weighted by Gasteiger charge is 2.26. The van der Waals surface area contributed by atoms with Crippen LogP contribution in [0.2, 0.25) is 5.02 Å². The molecule has 8 heteroatoms. The van der Waals surface area contributed by atoms with E-state index in [1.165, 1.54) is 4.31 Å². The Morgan fingerprint density at radius 2 is 1.63 bits per heavy atom. The van der Waals surface area contributed by atoms with Crippen LogP contribution >= 0.6 is 11.6 Å². The van der Waals surface area contributed by atoms with Crippen molar-refractivity contribution in [1.29, 1.82) is 0 Å². The van der Waals surface area contributed by atoms with Gasteiger partial charge in [-0.15, -0.1) is 0 Å². The Bertz CT molecular complexity index is 565. The van der Waals surface area contributed by atoms with E-state index in [2.05, 4.69) is 0 Å². The molecule has 19 heavy (non-hydrogen) atoms. The van der Waals surface area contributed by atoms with Crippen molar-refractivity contribution in [2.45, 2.75) is 0 Å². The molecule has 1 aromatic carbocycles. The van der Waals surface area contributed by atoms with Gasteiger partial charge in [0.15, 0.2) is 0 Å². The molecule has 0 aliphatic carbocycles. The summed E-state index contributed by atoms with van der Waals surface area (Å²) in [6.45, 7) is 1.10. The highest BCUT2D eigenvalue weighted by molar-refractivity contribution is 7.86. The summed E-state index contributed by atoms with van der Waals surface area (Å²) < 4.78 is 23.5. The summed E-state index contributed by atoms with van der Waals surface area (Å²) in [7, 11) is -3.67. The average molecular weight is 304 g/mol. The number of amides is 1. The topological polar surface area (TPSA) is 83.7 Å². The highest BCUT2D eigenvalue weighted by atomic mass is 35.5. The van der Waals surface area contributed by atoms with Crippen LogP contribution in [0.25, 0.3) is 0 Å². The molecule has 1 aliphatic heterocycles. The molecule has 0 atom stereocenters. The Kier molecular flexibility index (Phi) is 4.10. The number of piperazine rings is 1. The molecule has 1 heterocycles. The second kappa shape index (κ2) is 5.46. The van der Waals surface area contributed by atoms with Crippen molar-refractivity contribution in [3.8, 4) is 0 Å². The number of hydrogen-bond donors (Lipinski definition) is 1. The molecule has 0 saturated carbocycles. The first kappa shape index (κ1) is 14.3. The van der Waals surface area contributed by atoms with Crippen molar-refractivity contribution in [3.63, 3.8) is 0 Å². The SMILES string of the molecule is NS(=O)(=O)N1CCN(C(=O)c2ccc(Cl)cc2)CC1. The number of carbonyl (C=O) groups excluding carboxylic acids is 1. The van der Waals surface area contributed by atoms with Gasteiger partial charge in [0.2, 0.25) is 0 Å². The normalized spacial score (nSPS) is 17.5. The van der Waals surface area contributed by atoms with E-state index in [1.807, 2.05) is 0 Å². The summed E-state index contributed by atoms with van der Waals surface area (Å²) in [5.41, 5.74) is 0.536. The van der Waals surface area contributed by atoms with Crippen LogP contribution in [0.15, 0.2) is 24.3 Å². The fraction of sp³-hybridized carbons (Fsp3) is 0.364. The van der Waals surface area contributed by atoms with Crippen LogP contribution < -0.4 is 5.14 Å². The number of rotatable bonds is 2. The Labute approximate surface area is 116 Å².